The van der Waals surface area contributed by atoms with Crippen molar-refractivity contribution in [3.05, 3.63) is 35.5 Å². The van der Waals surface area contributed by atoms with E-state index in [9.17, 15) is 14.0 Å². The van der Waals surface area contributed by atoms with Gasteiger partial charge in [0.1, 0.15) is 5.82 Å². The number of esters is 1. The fourth-order valence-electron chi connectivity index (χ4n) is 3.58. The molecule has 1 aliphatic carbocycles. The molecule has 0 radical (unpaired) electrons. The quantitative estimate of drug-likeness (QED) is 0.731. The summed E-state index contributed by atoms with van der Waals surface area (Å²) in [6, 6.07) is 4.59. The monoisotopic (exact) mass is 389 g/mol. The number of methoxy groups -OCH3 is 1. The van der Waals surface area contributed by atoms with Gasteiger partial charge in [-0.05, 0) is 43.5 Å². The van der Waals surface area contributed by atoms with Crippen molar-refractivity contribution < 1.29 is 23.2 Å². The molecule has 28 heavy (non-hydrogen) atoms. The molecule has 0 spiro atoms. The van der Waals surface area contributed by atoms with Gasteiger partial charge in [0.2, 0.25) is 17.6 Å². The molecule has 0 bridgehead atoms. The van der Waals surface area contributed by atoms with Gasteiger partial charge >= 0.3 is 5.97 Å². The standard InChI is InChI=1S/C20H24FN3O4/c1-13-11-14(5-6-15(13)21)19-22-17(28-24-19)8-7-16(25)23-20(9-3-4-10-20)12-18(26)27-2/h5-6,11H,3-4,7-10,12H2,1-2H3,(H,23,25). The van der Waals surface area contributed by atoms with E-state index in [0.717, 1.165) is 25.7 Å². The maximum absolute atomic E-state index is 13.4. The minimum absolute atomic E-state index is 0.164. The Morgan fingerprint density at radius 3 is 2.75 bits per heavy atom. The molecule has 1 aromatic carbocycles. The van der Waals surface area contributed by atoms with Crippen molar-refractivity contribution >= 4 is 11.9 Å². The van der Waals surface area contributed by atoms with Crippen LogP contribution < -0.4 is 5.32 Å². The number of aromatic nitrogens is 2. The molecule has 1 N–H and O–H groups in total. The fraction of sp³-hybridized carbons (Fsp3) is 0.500. The zero-order valence-corrected chi connectivity index (χ0v) is 16.1. The highest BCUT2D eigenvalue weighted by molar-refractivity contribution is 5.79. The maximum Gasteiger partial charge on any atom is 0.307 e. The minimum atomic E-state index is -0.518. The van der Waals surface area contributed by atoms with E-state index in [0.29, 0.717) is 22.8 Å². The predicted octanol–water partition coefficient (Wildman–Crippen LogP) is 3.11. The van der Waals surface area contributed by atoms with Crippen LogP contribution in [-0.2, 0) is 20.7 Å². The number of nitrogens with one attached hydrogen (secondary N) is 1. The van der Waals surface area contributed by atoms with E-state index >= 15 is 0 Å². The number of carbonyl (C=O) groups is 2. The Balaban J connectivity index is 1.58. The van der Waals surface area contributed by atoms with Crippen LogP contribution in [0, 0.1) is 12.7 Å². The lowest BCUT2D eigenvalue weighted by Crippen LogP contribution is -2.48. The van der Waals surface area contributed by atoms with Crippen LogP contribution in [0.1, 0.15) is 50.0 Å². The molecule has 0 aliphatic heterocycles. The summed E-state index contributed by atoms with van der Waals surface area (Å²) in [7, 11) is 1.35. The molecule has 1 heterocycles. The first-order valence-electron chi connectivity index (χ1n) is 9.38. The van der Waals surface area contributed by atoms with Gasteiger partial charge < -0.3 is 14.6 Å². The maximum atomic E-state index is 13.4. The topological polar surface area (TPSA) is 94.3 Å². The van der Waals surface area contributed by atoms with Gasteiger partial charge in [0.25, 0.3) is 0 Å². The summed E-state index contributed by atoms with van der Waals surface area (Å²) in [5.41, 5.74) is 0.632. The molecule has 0 atom stereocenters. The normalized spacial score (nSPS) is 15.4. The molecule has 1 aromatic heterocycles. The van der Waals surface area contributed by atoms with Gasteiger partial charge in [-0.2, -0.15) is 4.98 Å². The van der Waals surface area contributed by atoms with Gasteiger partial charge in [-0.3, -0.25) is 9.59 Å². The lowest BCUT2D eigenvalue weighted by atomic mass is 9.93. The van der Waals surface area contributed by atoms with Crippen LogP contribution in [0.5, 0.6) is 0 Å². The molecule has 2 aromatic rings. The lowest BCUT2D eigenvalue weighted by Gasteiger charge is -2.29. The number of hydrogen-bond acceptors (Lipinski definition) is 6. The largest absolute Gasteiger partial charge is 0.469 e. The molecule has 8 heteroatoms. The summed E-state index contributed by atoms with van der Waals surface area (Å²) >= 11 is 0. The van der Waals surface area contributed by atoms with Crippen molar-refractivity contribution in [2.45, 2.75) is 57.4 Å². The Labute approximate surface area is 162 Å². The average Bonchev–Trinajstić information content (AvgIpc) is 3.32. The summed E-state index contributed by atoms with van der Waals surface area (Å²) in [4.78, 5) is 28.4. The Morgan fingerprint density at radius 1 is 1.32 bits per heavy atom. The fourth-order valence-corrected chi connectivity index (χ4v) is 3.58. The van der Waals surface area contributed by atoms with Crippen LogP contribution in [0.4, 0.5) is 4.39 Å². The van der Waals surface area contributed by atoms with Gasteiger partial charge in [0.15, 0.2) is 0 Å². The molecule has 1 aliphatic rings. The van der Waals surface area contributed by atoms with Crippen LogP contribution in [0.15, 0.2) is 22.7 Å². The van der Waals surface area contributed by atoms with Crippen molar-refractivity contribution in [2.75, 3.05) is 7.11 Å². The van der Waals surface area contributed by atoms with E-state index in [4.69, 9.17) is 9.26 Å². The van der Waals surface area contributed by atoms with Crippen LogP contribution >= 0.6 is 0 Å². The second-order valence-electron chi connectivity index (χ2n) is 7.26. The first kappa shape index (κ1) is 20.0. The zero-order valence-electron chi connectivity index (χ0n) is 16.1. The Kier molecular flexibility index (Phi) is 6.06. The SMILES string of the molecule is COC(=O)CC1(NC(=O)CCc2nc(-c3ccc(F)c(C)c3)no2)CCCC1. The Hall–Kier alpha value is -2.77. The number of benzene rings is 1. The number of carbonyl (C=O) groups excluding carboxylic acids is 2. The highest BCUT2D eigenvalue weighted by Crippen LogP contribution is 2.33. The van der Waals surface area contributed by atoms with Gasteiger partial charge in [-0.1, -0.05) is 18.0 Å². The molecular weight excluding hydrogens is 365 g/mol. The van der Waals surface area contributed by atoms with Gasteiger partial charge in [-0.25, -0.2) is 4.39 Å². The highest BCUT2D eigenvalue weighted by Gasteiger charge is 2.37. The summed E-state index contributed by atoms with van der Waals surface area (Å²) in [5.74, 6) is -0.0875. The van der Waals surface area contributed by atoms with E-state index in [-0.39, 0.29) is 37.0 Å². The average molecular weight is 389 g/mol. The third-order valence-electron chi connectivity index (χ3n) is 5.13. The van der Waals surface area contributed by atoms with Crippen molar-refractivity contribution in [1.29, 1.82) is 0 Å². The van der Waals surface area contributed by atoms with E-state index in [1.165, 1.54) is 13.2 Å². The predicted molar refractivity (Wildman–Crippen MR) is 98.7 cm³/mol. The van der Waals surface area contributed by atoms with Crippen molar-refractivity contribution in [3.63, 3.8) is 0 Å². The van der Waals surface area contributed by atoms with E-state index in [2.05, 4.69) is 15.5 Å². The molecule has 0 saturated heterocycles. The Morgan fingerprint density at radius 2 is 2.07 bits per heavy atom. The smallest absolute Gasteiger partial charge is 0.307 e. The van der Waals surface area contributed by atoms with Gasteiger partial charge in [-0.15, -0.1) is 0 Å². The molecule has 1 fully saturated rings. The Bertz CT molecular complexity index is 859. The number of amides is 1. The number of halogens is 1. The minimum Gasteiger partial charge on any atom is -0.469 e. The number of nitrogens with zero attached hydrogens (tertiary/aromatic N) is 2. The van der Waals surface area contributed by atoms with Crippen LogP contribution in [-0.4, -0.2) is 34.7 Å². The third kappa shape index (κ3) is 4.74. The van der Waals surface area contributed by atoms with Crippen molar-refractivity contribution in [1.82, 2.24) is 15.5 Å². The molecular formula is C20H24FN3O4. The first-order chi connectivity index (χ1) is 13.4. The van der Waals surface area contributed by atoms with Crippen molar-refractivity contribution in [2.24, 2.45) is 0 Å². The second-order valence-corrected chi connectivity index (χ2v) is 7.26. The molecule has 150 valence electrons. The summed E-state index contributed by atoms with van der Waals surface area (Å²) in [6.45, 7) is 1.66. The summed E-state index contributed by atoms with van der Waals surface area (Å²) in [6.07, 6.45) is 4.12. The molecule has 1 saturated carbocycles. The number of ether oxygens (including phenoxy) is 1. The van der Waals surface area contributed by atoms with E-state index in [1.807, 2.05) is 0 Å². The highest BCUT2D eigenvalue weighted by atomic mass is 19.1. The number of rotatable bonds is 7. The number of hydrogen-bond donors (Lipinski definition) is 1. The van der Waals surface area contributed by atoms with E-state index < -0.39 is 5.54 Å². The van der Waals surface area contributed by atoms with Crippen molar-refractivity contribution in [3.8, 4) is 11.4 Å². The molecule has 1 amide bonds. The van der Waals surface area contributed by atoms with Crippen LogP contribution in [0.3, 0.4) is 0 Å². The van der Waals surface area contributed by atoms with E-state index in [1.54, 1.807) is 19.1 Å². The van der Waals surface area contributed by atoms with Gasteiger partial charge in [0.05, 0.1) is 19.1 Å². The zero-order chi connectivity index (χ0) is 20.1. The summed E-state index contributed by atoms with van der Waals surface area (Å²) < 4.78 is 23.4. The second kappa shape index (κ2) is 8.50. The third-order valence-corrected chi connectivity index (χ3v) is 5.13. The first-order valence-corrected chi connectivity index (χ1v) is 9.38. The van der Waals surface area contributed by atoms with Crippen LogP contribution in [0.2, 0.25) is 0 Å². The van der Waals surface area contributed by atoms with Crippen LogP contribution in [0.25, 0.3) is 11.4 Å². The summed E-state index contributed by atoms with van der Waals surface area (Å²) in [5, 5.41) is 6.91. The van der Waals surface area contributed by atoms with Gasteiger partial charge in [0, 0.05) is 18.4 Å². The molecule has 3 rings (SSSR count). The lowest BCUT2D eigenvalue weighted by molar-refractivity contribution is -0.142. The number of aryl methyl sites for hydroxylation is 2. The molecule has 7 nitrogen and oxygen atoms in total. The molecule has 0 unspecified atom stereocenters.